The van der Waals surface area contributed by atoms with Crippen molar-refractivity contribution >= 4 is 17.9 Å². The molecule has 0 spiro atoms. The maximum absolute atomic E-state index is 12.9. The lowest BCUT2D eigenvalue weighted by Crippen LogP contribution is -2.35. The summed E-state index contributed by atoms with van der Waals surface area (Å²) in [6.45, 7) is 1.79. The van der Waals surface area contributed by atoms with Crippen molar-refractivity contribution in [1.82, 2.24) is 5.32 Å². The van der Waals surface area contributed by atoms with E-state index in [9.17, 15) is 22.8 Å². The molecule has 0 saturated heterocycles. The topological polar surface area (TPSA) is 76.7 Å². The summed E-state index contributed by atoms with van der Waals surface area (Å²) in [6.07, 6.45) is -4.40. The van der Waals surface area contributed by atoms with Crippen molar-refractivity contribution in [3.05, 3.63) is 82.9 Å². The Morgan fingerprint density at radius 1 is 0.943 bits per heavy atom. The number of alkyl carbamates (subject to hydrolysis) is 1. The summed E-state index contributed by atoms with van der Waals surface area (Å²) in [4.78, 5) is 24.1. The molecule has 4 rings (SSSR count). The van der Waals surface area contributed by atoms with Crippen LogP contribution in [0.5, 0.6) is 5.75 Å². The van der Waals surface area contributed by atoms with Crippen molar-refractivity contribution in [3.63, 3.8) is 0 Å². The monoisotopic (exact) mass is 484 g/mol. The summed E-state index contributed by atoms with van der Waals surface area (Å²) in [5.41, 5.74) is 3.60. The summed E-state index contributed by atoms with van der Waals surface area (Å²) in [5.74, 6) is 0.228. The van der Waals surface area contributed by atoms with Crippen LogP contribution in [0.25, 0.3) is 11.1 Å². The lowest BCUT2D eigenvalue weighted by molar-refractivity contribution is -0.137. The van der Waals surface area contributed by atoms with Crippen LogP contribution < -0.4 is 15.4 Å². The Bertz CT molecular complexity index is 1260. The minimum Gasteiger partial charge on any atom is -0.453 e. The van der Waals surface area contributed by atoms with E-state index in [1.165, 1.54) is 19.2 Å². The van der Waals surface area contributed by atoms with E-state index in [2.05, 4.69) is 15.4 Å². The van der Waals surface area contributed by atoms with Gasteiger partial charge in [0.15, 0.2) is 0 Å². The molecule has 0 saturated carbocycles. The molecule has 2 amide bonds. The molecule has 0 aliphatic heterocycles. The van der Waals surface area contributed by atoms with E-state index in [0.717, 1.165) is 28.8 Å². The molecule has 0 fully saturated rings. The number of carbonyl (C=O) groups excluding carboxylic acids is 2. The van der Waals surface area contributed by atoms with Crippen LogP contribution in [0.2, 0.25) is 0 Å². The number of amides is 2. The molecule has 1 atom stereocenters. The van der Waals surface area contributed by atoms with E-state index in [-0.39, 0.29) is 11.8 Å². The number of fused-ring (bicyclic) bond motifs is 1. The summed E-state index contributed by atoms with van der Waals surface area (Å²) >= 11 is 0. The summed E-state index contributed by atoms with van der Waals surface area (Å²) in [6, 6.07) is 15.2. The van der Waals surface area contributed by atoms with Gasteiger partial charge in [0.2, 0.25) is 0 Å². The van der Waals surface area contributed by atoms with Crippen molar-refractivity contribution in [3.8, 4) is 16.9 Å². The largest absolute Gasteiger partial charge is 0.453 e. The smallest absolute Gasteiger partial charge is 0.417 e. The van der Waals surface area contributed by atoms with Gasteiger partial charge in [-0.2, -0.15) is 13.2 Å². The fraction of sp³-hybridized carbons (Fsp3) is 0.231. The Labute approximate surface area is 200 Å². The molecule has 3 aromatic carbocycles. The minimum absolute atomic E-state index is 0.0850. The van der Waals surface area contributed by atoms with E-state index in [0.29, 0.717) is 29.7 Å². The lowest BCUT2D eigenvalue weighted by atomic mass is 9.98. The van der Waals surface area contributed by atoms with Crippen LogP contribution in [0, 0.1) is 6.92 Å². The molecule has 0 aromatic heterocycles. The van der Waals surface area contributed by atoms with Crippen molar-refractivity contribution in [2.24, 2.45) is 0 Å². The zero-order chi connectivity index (χ0) is 25.2. The number of nitrogens with one attached hydrogen (secondary N) is 2. The molecule has 0 radical (unpaired) electrons. The molecule has 6 nitrogen and oxygen atoms in total. The summed E-state index contributed by atoms with van der Waals surface area (Å²) < 4.78 is 49.0. The molecule has 0 bridgehead atoms. The first-order valence-corrected chi connectivity index (χ1v) is 10.9. The maximum Gasteiger partial charge on any atom is 0.417 e. The zero-order valence-electron chi connectivity index (χ0n) is 19.0. The Morgan fingerprint density at radius 2 is 1.66 bits per heavy atom. The third kappa shape index (κ3) is 5.56. The number of halogens is 3. The highest BCUT2D eigenvalue weighted by molar-refractivity contribution is 5.88. The molecule has 0 unspecified atom stereocenters. The van der Waals surface area contributed by atoms with Crippen molar-refractivity contribution in [1.29, 1.82) is 0 Å². The van der Waals surface area contributed by atoms with Gasteiger partial charge in [0.25, 0.3) is 0 Å². The van der Waals surface area contributed by atoms with Crippen LogP contribution in [-0.4, -0.2) is 25.3 Å². The van der Waals surface area contributed by atoms with Crippen molar-refractivity contribution in [2.45, 2.75) is 32.0 Å². The maximum atomic E-state index is 12.9. The lowest BCUT2D eigenvalue weighted by Gasteiger charge is -2.15. The molecule has 3 aromatic rings. The van der Waals surface area contributed by atoms with Crippen molar-refractivity contribution < 1.29 is 32.2 Å². The van der Waals surface area contributed by atoms with Gasteiger partial charge in [-0.25, -0.2) is 9.59 Å². The number of hydrogen-bond acceptors (Lipinski definition) is 4. The fourth-order valence-electron chi connectivity index (χ4n) is 4.19. The number of benzene rings is 3. The SMILES string of the molecule is COC(=O)N[C@@H]1Cc2ccc(NC(=O)Oc3cccc(C)c3-c3ccc(C(F)(F)F)cc3)cc2C1. The molecule has 1 aliphatic rings. The van der Waals surface area contributed by atoms with Crippen LogP contribution >= 0.6 is 0 Å². The number of carbonyl (C=O) groups is 2. The number of methoxy groups -OCH3 is 1. The first-order chi connectivity index (χ1) is 16.6. The van der Waals surface area contributed by atoms with Crippen LogP contribution in [0.4, 0.5) is 28.4 Å². The van der Waals surface area contributed by atoms with Crippen LogP contribution in [0.3, 0.4) is 0 Å². The minimum atomic E-state index is -4.44. The molecule has 9 heteroatoms. The van der Waals surface area contributed by atoms with Gasteiger partial charge in [0.05, 0.1) is 12.7 Å². The average molecular weight is 484 g/mol. The quantitative estimate of drug-likeness (QED) is 0.468. The Hall–Kier alpha value is -4.01. The predicted octanol–water partition coefficient (Wildman–Crippen LogP) is 6.11. The number of aryl methyl sites for hydroxylation is 1. The Morgan fingerprint density at radius 3 is 2.34 bits per heavy atom. The normalized spacial score (nSPS) is 14.7. The van der Waals surface area contributed by atoms with Gasteiger partial charge < -0.3 is 14.8 Å². The van der Waals surface area contributed by atoms with Gasteiger partial charge in [-0.15, -0.1) is 0 Å². The second kappa shape index (κ2) is 9.69. The van der Waals surface area contributed by atoms with E-state index in [4.69, 9.17) is 4.74 Å². The second-order valence-corrected chi connectivity index (χ2v) is 8.26. The van der Waals surface area contributed by atoms with Crippen LogP contribution in [0.1, 0.15) is 22.3 Å². The van der Waals surface area contributed by atoms with Gasteiger partial charge in [0.1, 0.15) is 5.75 Å². The highest BCUT2D eigenvalue weighted by Crippen LogP contribution is 2.36. The first kappa shape index (κ1) is 24.1. The third-order valence-electron chi connectivity index (χ3n) is 5.83. The Kier molecular flexibility index (Phi) is 6.68. The van der Waals surface area contributed by atoms with E-state index in [1.807, 2.05) is 12.1 Å². The van der Waals surface area contributed by atoms with Crippen LogP contribution in [-0.2, 0) is 23.8 Å². The van der Waals surface area contributed by atoms with Gasteiger partial charge in [-0.3, -0.25) is 5.32 Å². The third-order valence-corrected chi connectivity index (χ3v) is 5.83. The van der Waals surface area contributed by atoms with E-state index >= 15 is 0 Å². The molecule has 1 aliphatic carbocycles. The second-order valence-electron chi connectivity index (χ2n) is 8.26. The van der Waals surface area contributed by atoms with Crippen LogP contribution in [0.15, 0.2) is 60.7 Å². The van der Waals surface area contributed by atoms with E-state index < -0.39 is 23.9 Å². The Balaban J connectivity index is 1.48. The van der Waals surface area contributed by atoms with Gasteiger partial charge in [-0.1, -0.05) is 30.3 Å². The summed E-state index contributed by atoms with van der Waals surface area (Å²) in [7, 11) is 1.31. The highest BCUT2D eigenvalue weighted by Gasteiger charge is 2.30. The molecular formula is C26H23F3N2O4. The number of ether oxygens (including phenoxy) is 2. The molecule has 2 N–H and O–H groups in total. The number of anilines is 1. The zero-order valence-corrected chi connectivity index (χ0v) is 19.0. The van der Waals surface area contributed by atoms with Gasteiger partial charge in [-0.05, 0) is 72.4 Å². The van der Waals surface area contributed by atoms with Gasteiger partial charge in [0, 0.05) is 17.3 Å². The predicted molar refractivity (Wildman–Crippen MR) is 124 cm³/mol. The average Bonchev–Trinajstić information content (AvgIpc) is 3.20. The molecule has 182 valence electrons. The highest BCUT2D eigenvalue weighted by atomic mass is 19.4. The van der Waals surface area contributed by atoms with Gasteiger partial charge >= 0.3 is 18.4 Å². The standard InChI is InChI=1S/C26H23F3N2O4/c1-15-4-3-5-22(23(15)16-6-9-19(10-7-16)26(27,28)29)35-25(33)30-20-11-8-17-12-21(14-18(17)13-20)31-24(32)34-2/h3-11,13,21H,12,14H2,1-2H3,(H,30,33)(H,31,32)/t21-/m1/s1. The number of hydrogen-bond donors (Lipinski definition) is 2. The van der Waals surface area contributed by atoms with E-state index in [1.54, 1.807) is 31.2 Å². The number of alkyl halides is 3. The molecular weight excluding hydrogens is 461 g/mol. The molecule has 35 heavy (non-hydrogen) atoms. The molecule has 0 heterocycles. The first-order valence-electron chi connectivity index (χ1n) is 10.9. The summed E-state index contributed by atoms with van der Waals surface area (Å²) in [5, 5.41) is 5.46. The van der Waals surface area contributed by atoms with Crippen molar-refractivity contribution in [2.75, 3.05) is 12.4 Å². The fourth-order valence-corrected chi connectivity index (χ4v) is 4.19. The number of rotatable bonds is 4.